The lowest BCUT2D eigenvalue weighted by molar-refractivity contribution is -0.123. The summed E-state index contributed by atoms with van der Waals surface area (Å²) in [4.78, 5) is 25.7. The fourth-order valence-corrected chi connectivity index (χ4v) is 2.72. The van der Waals surface area contributed by atoms with Crippen LogP contribution in [-0.4, -0.2) is 56.6 Å². The molecule has 0 aliphatic carbocycles. The molecule has 2 aromatic rings. The van der Waals surface area contributed by atoms with Crippen LogP contribution >= 0.6 is 11.6 Å². The summed E-state index contributed by atoms with van der Waals surface area (Å²) in [5.74, 6) is 1.09. The lowest BCUT2D eigenvalue weighted by Crippen LogP contribution is -2.40. The SMILES string of the molecule is CCOc1ccc(OCCNC(=O)CN(C)CC(=O)Nc2cccc(Cl)c2)cc1. The Morgan fingerprint density at radius 1 is 1.00 bits per heavy atom. The highest BCUT2D eigenvalue weighted by molar-refractivity contribution is 6.30. The van der Waals surface area contributed by atoms with E-state index in [1.807, 2.05) is 31.2 Å². The molecule has 29 heavy (non-hydrogen) atoms. The molecule has 2 rings (SSSR count). The predicted octanol–water partition coefficient (Wildman–Crippen LogP) is 2.80. The van der Waals surface area contributed by atoms with Gasteiger partial charge in [-0.05, 0) is 56.4 Å². The van der Waals surface area contributed by atoms with Crippen LogP contribution in [0.5, 0.6) is 11.5 Å². The minimum Gasteiger partial charge on any atom is -0.494 e. The molecule has 7 nitrogen and oxygen atoms in total. The van der Waals surface area contributed by atoms with E-state index in [1.54, 1.807) is 36.2 Å². The van der Waals surface area contributed by atoms with Crippen LogP contribution in [0.25, 0.3) is 0 Å². The first-order valence-electron chi connectivity index (χ1n) is 9.32. The maximum absolute atomic E-state index is 12.0. The molecule has 0 heterocycles. The number of benzene rings is 2. The molecular weight excluding hydrogens is 394 g/mol. The number of likely N-dealkylation sites (N-methyl/N-ethyl adjacent to an activating group) is 1. The first kappa shape index (κ1) is 22.5. The van der Waals surface area contributed by atoms with Crippen molar-refractivity contribution in [3.05, 3.63) is 53.6 Å². The van der Waals surface area contributed by atoms with Gasteiger partial charge in [-0.15, -0.1) is 0 Å². The zero-order chi connectivity index (χ0) is 21.1. The Kier molecular flexibility index (Phi) is 9.27. The molecule has 0 aliphatic heterocycles. The van der Waals surface area contributed by atoms with Gasteiger partial charge >= 0.3 is 0 Å². The molecule has 2 aromatic carbocycles. The molecule has 0 atom stereocenters. The zero-order valence-corrected chi connectivity index (χ0v) is 17.4. The molecular formula is C21H26ClN3O4. The second kappa shape index (κ2) is 11.9. The van der Waals surface area contributed by atoms with Gasteiger partial charge in [0, 0.05) is 10.7 Å². The van der Waals surface area contributed by atoms with Gasteiger partial charge in [0.2, 0.25) is 11.8 Å². The van der Waals surface area contributed by atoms with Gasteiger partial charge in [-0.2, -0.15) is 0 Å². The number of nitrogens with zero attached hydrogens (tertiary/aromatic N) is 1. The Morgan fingerprint density at radius 3 is 2.31 bits per heavy atom. The van der Waals surface area contributed by atoms with E-state index in [1.165, 1.54) is 0 Å². The average molecular weight is 420 g/mol. The average Bonchev–Trinajstić information content (AvgIpc) is 2.66. The van der Waals surface area contributed by atoms with Gasteiger partial charge in [0.1, 0.15) is 18.1 Å². The fraction of sp³-hybridized carbons (Fsp3) is 0.333. The molecule has 0 unspecified atom stereocenters. The lowest BCUT2D eigenvalue weighted by atomic mass is 10.3. The van der Waals surface area contributed by atoms with Gasteiger partial charge in [-0.3, -0.25) is 14.5 Å². The highest BCUT2D eigenvalue weighted by Gasteiger charge is 2.11. The number of halogens is 1. The summed E-state index contributed by atoms with van der Waals surface area (Å²) >= 11 is 5.89. The van der Waals surface area contributed by atoms with Crippen molar-refractivity contribution in [3.63, 3.8) is 0 Å². The molecule has 0 radical (unpaired) electrons. The van der Waals surface area contributed by atoms with Crippen LogP contribution in [0.4, 0.5) is 5.69 Å². The van der Waals surface area contributed by atoms with E-state index in [0.717, 1.165) is 5.75 Å². The lowest BCUT2D eigenvalue weighted by Gasteiger charge is -2.16. The molecule has 0 fully saturated rings. The smallest absolute Gasteiger partial charge is 0.238 e. The number of carbonyl (C=O) groups is 2. The normalized spacial score (nSPS) is 10.5. The number of hydrogen-bond acceptors (Lipinski definition) is 5. The summed E-state index contributed by atoms with van der Waals surface area (Å²) in [5, 5.41) is 6.05. The largest absolute Gasteiger partial charge is 0.494 e. The minimum absolute atomic E-state index is 0.0859. The Morgan fingerprint density at radius 2 is 1.66 bits per heavy atom. The van der Waals surface area contributed by atoms with E-state index < -0.39 is 0 Å². The Bertz CT molecular complexity index is 799. The van der Waals surface area contributed by atoms with Crippen molar-refractivity contribution < 1.29 is 19.1 Å². The molecule has 0 bridgehead atoms. The number of rotatable bonds is 11. The minimum atomic E-state index is -0.221. The standard InChI is InChI=1S/C21H26ClN3O4/c1-3-28-18-7-9-19(10-8-18)29-12-11-23-20(26)14-25(2)15-21(27)24-17-6-4-5-16(22)13-17/h4-10,13H,3,11-12,14-15H2,1-2H3,(H,23,26)(H,24,27). The van der Waals surface area contributed by atoms with Crippen molar-refractivity contribution in [2.24, 2.45) is 0 Å². The van der Waals surface area contributed by atoms with Crippen molar-refractivity contribution in [1.82, 2.24) is 10.2 Å². The van der Waals surface area contributed by atoms with E-state index >= 15 is 0 Å². The van der Waals surface area contributed by atoms with Crippen molar-refractivity contribution in [1.29, 1.82) is 0 Å². The van der Waals surface area contributed by atoms with E-state index in [9.17, 15) is 9.59 Å². The van der Waals surface area contributed by atoms with E-state index in [4.69, 9.17) is 21.1 Å². The highest BCUT2D eigenvalue weighted by Crippen LogP contribution is 2.17. The summed E-state index contributed by atoms with van der Waals surface area (Å²) < 4.78 is 10.9. The maximum atomic E-state index is 12.0. The first-order valence-corrected chi connectivity index (χ1v) is 9.70. The Labute approximate surface area is 175 Å². The number of carbonyl (C=O) groups excluding carboxylic acids is 2. The van der Waals surface area contributed by atoms with E-state index in [-0.39, 0.29) is 24.9 Å². The quantitative estimate of drug-likeness (QED) is 0.547. The molecule has 0 saturated heterocycles. The molecule has 0 spiro atoms. The number of nitrogens with one attached hydrogen (secondary N) is 2. The van der Waals surface area contributed by atoms with Crippen molar-refractivity contribution >= 4 is 29.1 Å². The van der Waals surface area contributed by atoms with Gasteiger partial charge in [-0.1, -0.05) is 17.7 Å². The maximum Gasteiger partial charge on any atom is 0.238 e. The van der Waals surface area contributed by atoms with Crippen LogP contribution in [0.15, 0.2) is 48.5 Å². The van der Waals surface area contributed by atoms with Crippen molar-refractivity contribution in [2.75, 3.05) is 45.2 Å². The van der Waals surface area contributed by atoms with Gasteiger partial charge in [-0.25, -0.2) is 0 Å². The summed E-state index contributed by atoms with van der Waals surface area (Å²) in [6, 6.07) is 14.2. The third-order valence-corrected chi connectivity index (χ3v) is 4.00. The topological polar surface area (TPSA) is 79.9 Å². The molecule has 2 N–H and O–H groups in total. The molecule has 0 saturated carbocycles. The second-order valence-corrected chi connectivity index (χ2v) is 6.77. The third-order valence-electron chi connectivity index (χ3n) is 3.76. The van der Waals surface area contributed by atoms with E-state index in [2.05, 4.69) is 10.6 Å². The summed E-state index contributed by atoms with van der Waals surface area (Å²) in [6.07, 6.45) is 0. The highest BCUT2D eigenvalue weighted by atomic mass is 35.5. The van der Waals surface area contributed by atoms with Crippen LogP contribution in [0.2, 0.25) is 5.02 Å². The molecule has 156 valence electrons. The van der Waals surface area contributed by atoms with Crippen LogP contribution in [0, 0.1) is 0 Å². The second-order valence-electron chi connectivity index (χ2n) is 6.33. The Hall–Kier alpha value is -2.77. The molecule has 0 aliphatic rings. The Balaban J connectivity index is 1.62. The van der Waals surface area contributed by atoms with Gasteiger partial charge in [0.05, 0.1) is 26.2 Å². The summed E-state index contributed by atoms with van der Waals surface area (Å²) in [5.41, 5.74) is 0.617. The van der Waals surface area contributed by atoms with Gasteiger partial charge in [0.15, 0.2) is 0 Å². The van der Waals surface area contributed by atoms with E-state index in [0.29, 0.717) is 36.2 Å². The molecule has 2 amide bonds. The van der Waals surface area contributed by atoms with Crippen LogP contribution in [0.3, 0.4) is 0 Å². The van der Waals surface area contributed by atoms with Crippen LogP contribution < -0.4 is 20.1 Å². The first-order chi connectivity index (χ1) is 14.0. The number of anilines is 1. The monoisotopic (exact) mass is 419 g/mol. The number of amides is 2. The van der Waals surface area contributed by atoms with Crippen molar-refractivity contribution in [3.8, 4) is 11.5 Å². The molecule has 8 heteroatoms. The van der Waals surface area contributed by atoms with Crippen molar-refractivity contribution in [2.45, 2.75) is 6.92 Å². The van der Waals surface area contributed by atoms with Gasteiger partial charge < -0.3 is 20.1 Å². The van der Waals surface area contributed by atoms with Crippen LogP contribution in [0.1, 0.15) is 6.92 Å². The third kappa shape index (κ3) is 8.85. The van der Waals surface area contributed by atoms with Gasteiger partial charge in [0.25, 0.3) is 0 Å². The zero-order valence-electron chi connectivity index (χ0n) is 16.6. The fourth-order valence-electron chi connectivity index (χ4n) is 2.53. The van der Waals surface area contributed by atoms with Crippen LogP contribution in [-0.2, 0) is 9.59 Å². The summed E-state index contributed by atoms with van der Waals surface area (Å²) in [7, 11) is 1.70. The number of ether oxygens (including phenoxy) is 2. The number of hydrogen-bond donors (Lipinski definition) is 2. The summed E-state index contributed by atoms with van der Waals surface area (Å²) in [6.45, 7) is 3.45. The molecule has 0 aromatic heterocycles. The predicted molar refractivity (Wildman–Crippen MR) is 114 cm³/mol.